The maximum absolute atomic E-state index is 13.1. The van der Waals surface area contributed by atoms with Crippen molar-refractivity contribution in [1.82, 2.24) is 5.32 Å². The number of alkyl halides is 1. The van der Waals surface area contributed by atoms with Gasteiger partial charge in [-0.25, -0.2) is 8.78 Å². The highest BCUT2D eigenvalue weighted by atomic mass is 35.5. The van der Waals surface area contributed by atoms with Crippen LogP contribution in [0.1, 0.15) is 12.5 Å². The summed E-state index contributed by atoms with van der Waals surface area (Å²) in [6.45, 7) is 2.26. The number of hydrogen-bond acceptors (Lipinski definition) is 1. The van der Waals surface area contributed by atoms with E-state index in [1.165, 1.54) is 12.1 Å². The second-order valence-electron chi connectivity index (χ2n) is 3.17. The van der Waals surface area contributed by atoms with Gasteiger partial charge in [-0.15, -0.1) is 11.6 Å². The molecule has 0 bridgehead atoms. The van der Waals surface area contributed by atoms with E-state index < -0.39 is 11.6 Å². The molecular weight excluding hydrogens is 208 g/mol. The van der Waals surface area contributed by atoms with Gasteiger partial charge in [0.25, 0.3) is 0 Å². The van der Waals surface area contributed by atoms with E-state index in [1.54, 1.807) is 0 Å². The van der Waals surface area contributed by atoms with E-state index in [0.717, 1.165) is 6.07 Å². The zero-order chi connectivity index (χ0) is 10.6. The molecule has 4 heteroatoms. The maximum Gasteiger partial charge on any atom is 0.130 e. The molecule has 0 amide bonds. The molecule has 0 radical (unpaired) electrons. The van der Waals surface area contributed by atoms with Crippen molar-refractivity contribution >= 4 is 11.6 Å². The Morgan fingerprint density at radius 2 is 2.14 bits per heavy atom. The van der Waals surface area contributed by atoms with Gasteiger partial charge in [-0.05, 0) is 13.0 Å². The average Bonchev–Trinajstić information content (AvgIpc) is 2.16. The summed E-state index contributed by atoms with van der Waals surface area (Å²) in [5.74, 6) is -0.626. The van der Waals surface area contributed by atoms with Gasteiger partial charge >= 0.3 is 0 Å². The molecule has 1 atom stereocenters. The topological polar surface area (TPSA) is 12.0 Å². The van der Waals surface area contributed by atoms with Gasteiger partial charge in [0.15, 0.2) is 0 Å². The van der Waals surface area contributed by atoms with Gasteiger partial charge in [-0.1, -0.05) is 6.07 Å². The van der Waals surface area contributed by atoms with Crippen molar-refractivity contribution in [1.29, 1.82) is 0 Å². The van der Waals surface area contributed by atoms with E-state index in [1.807, 2.05) is 6.92 Å². The van der Waals surface area contributed by atoms with Crippen LogP contribution in [-0.2, 0) is 6.54 Å². The van der Waals surface area contributed by atoms with Gasteiger partial charge in [-0.2, -0.15) is 0 Å². The van der Waals surface area contributed by atoms with Gasteiger partial charge in [-0.3, -0.25) is 0 Å². The summed E-state index contributed by atoms with van der Waals surface area (Å²) in [5, 5.41) is 3.01. The second-order valence-corrected chi connectivity index (χ2v) is 3.48. The fourth-order valence-corrected chi connectivity index (χ4v) is 1.11. The normalized spacial score (nSPS) is 12.9. The highest BCUT2D eigenvalue weighted by molar-refractivity contribution is 6.18. The molecule has 0 heterocycles. The minimum atomic E-state index is -0.559. The molecule has 0 spiro atoms. The van der Waals surface area contributed by atoms with Crippen LogP contribution in [0.25, 0.3) is 0 Å². The number of hydrogen-bond donors (Lipinski definition) is 1. The van der Waals surface area contributed by atoms with Crippen LogP contribution in [-0.4, -0.2) is 11.9 Å². The van der Waals surface area contributed by atoms with Gasteiger partial charge in [0, 0.05) is 30.1 Å². The highest BCUT2D eigenvalue weighted by Crippen LogP contribution is 2.09. The van der Waals surface area contributed by atoms with Gasteiger partial charge in [0.1, 0.15) is 11.6 Å². The summed E-state index contributed by atoms with van der Waals surface area (Å²) in [6.07, 6.45) is 0. The molecule has 0 aromatic heterocycles. The first kappa shape index (κ1) is 11.4. The molecule has 1 N–H and O–H groups in total. The number of rotatable bonds is 4. The third kappa shape index (κ3) is 3.24. The number of nitrogens with one attached hydrogen (secondary N) is 1. The van der Waals surface area contributed by atoms with E-state index in [-0.39, 0.29) is 6.04 Å². The molecule has 78 valence electrons. The predicted molar refractivity (Wildman–Crippen MR) is 53.4 cm³/mol. The van der Waals surface area contributed by atoms with Crippen LogP contribution >= 0.6 is 11.6 Å². The first-order valence-electron chi connectivity index (χ1n) is 4.36. The summed E-state index contributed by atoms with van der Waals surface area (Å²) in [7, 11) is 0. The minimum Gasteiger partial charge on any atom is -0.309 e. The number of benzene rings is 1. The van der Waals surface area contributed by atoms with E-state index in [4.69, 9.17) is 11.6 Å². The molecular formula is C10H12ClF2N. The highest BCUT2D eigenvalue weighted by Gasteiger charge is 2.05. The van der Waals surface area contributed by atoms with Crippen molar-refractivity contribution < 1.29 is 8.78 Å². The fraction of sp³-hybridized carbons (Fsp3) is 0.400. The fourth-order valence-electron chi connectivity index (χ4n) is 1.00. The number of halogens is 3. The van der Waals surface area contributed by atoms with Gasteiger partial charge < -0.3 is 5.32 Å². The molecule has 0 aliphatic carbocycles. The zero-order valence-corrected chi connectivity index (χ0v) is 8.61. The first-order chi connectivity index (χ1) is 6.63. The van der Waals surface area contributed by atoms with Crippen molar-refractivity contribution in [2.75, 3.05) is 5.88 Å². The Labute approximate surface area is 87.1 Å². The van der Waals surface area contributed by atoms with E-state index in [9.17, 15) is 8.78 Å². The molecule has 1 unspecified atom stereocenters. The Morgan fingerprint density at radius 1 is 1.43 bits per heavy atom. The van der Waals surface area contributed by atoms with Crippen LogP contribution in [0.15, 0.2) is 18.2 Å². The molecule has 1 rings (SSSR count). The standard InChI is InChI=1S/C10H12ClF2N/c1-7(5-11)14-6-8-2-3-9(12)4-10(8)13/h2-4,7,14H,5-6H2,1H3. The summed E-state index contributed by atoms with van der Waals surface area (Å²) < 4.78 is 25.6. The Balaban J connectivity index is 2.59. The molecule has 0 saturated carbocycles. The van der Waals surface area contributed by atoms with Crippen LogP contribution in [0, 0.1) is 11.6 Å². The average molecular weight is 220 g/mol. The monoisotopic (exact) mass is 219 g/mol. The summed E-state index contributed by atoms with van der Waals surface area (Å²) in [4.78, 5) is 0. The van der Waals surface area contributed by atoms with Crippen LogP contribution in [0.3, 0.4) is 0 Å². The minimum absolute atomic E-state index is 0.112. The molecule has 1 nitrogen and oxygen atoms in total. The largest absolute Gasteiger partial charge is 0.309 e. The third-order valence-electron chi connectivity index (χ3n) is 1.89. The molecule has 1 aromatic rings. The molecule has 0 aliphatic rings. The quantitative estimate of drug-likeness (QED) is 0.768. The predicted octanol–water partition coefficient (Wildman–Crippen LogP) is 2.68. The third-order valence-corrected chi connectivity index (χ3v) is 2.35. The summed E-state index contributed by atoms with van der Waals surface area (Å²) in [6, 6.07) is 3.66. The van der Waals surface area contributed by atoms with Crippen LogP contribution in [0.5, 0.6) is 0 Å². The molecule has 0 saturated heterocycles. The van der Waals surface area contributed by atoms with E-state index in [0.29, 0.717) is 18.0 Å². The summed E-state index contributed by atoms with van der Waals surface area (Å²) >= 11 is 5.57. The Bertz CT molecular complexity index is 304. The lowest BCUT2D eigenvalue weighted by atomic mass is 10.2. The lowest BCUT2D eigenvalue weighted by Gasteiger charge is -2.10. The lowest BCUT2D eigenvalue weighted by Crippen LogP contribution is -2.27. The first-order valence-corrected chi connectivity index (χ1v) is 4.90. The lowest BCUT2D eigenvalue weighted by molar-refractivity contribution is 0.542. The Kier molecular flexibility index (Phi) is 4.29. The smallest absolute Gasteiger partial charge is 0.130 e. The van der Waals surface area contributed by atoms with Crippen molar-refractivity contribution in [3.63, 3.8) is 0 Å². The molecule has 14 heavy (non-hydrogen) atoms. The van der Waals surface area contributed by atoms with E-state index >= 15 is 0 Å². The van der Waals surface area contributed by atoms with Gasteiger partial charge in [0.2, 0.25) is 0 Å². The van der Waals surface area contributed by atoms with Crippen molar-refractivity contribution in [3.8, 4) is 0 Å². The van der Waals surface area contributed by atoms with Crippen LogP contribution < -0.4 is 5.32 Å². The van der Waals surface area contributed by atoms with Gasteiger partial charge in [0.05, 0.1) is 0 Å². The van der Waals surface area contributed by atoms with Crippen molar-refractivity contribution in [2.24, 2.45) is 0 Å². The van der Waals surface area contributed by atoms with Crippen LogP contribution in [0.4, 0.5) is 8.78 Å². The molecule has 0 fully saturated rings. The van der Waals surface area contributed by atoms with Crippen LogP contribution in [0.2, 0.25) is 0 Å². The second kappa shape index (κ2) is 5.27. The Hall–Kier alpha value is -0.670. The molecule has 1 aromatic carbocycles. The van der Waals surface area contributed by atoms with E-state index in [2.05, 4.69) is 5.32 Å². The summed E-state index contributed by atoms with van der Waals surface area (Å²) in [5.41, 5.74) is 0.448. The maximum atomic E-state index is 13.1. The van der Waals surface area contributed by atoms with Crippen molar-refractivity contribution in [2.45, 2.75) is 19.5 Å². The zero-order valence-electron chi connectivity index (χ0n) is 7.86. The Morgan fingerprint density at radius 3 is 2.71 bits per heavy atom. The molecule has 0 aliphatic heterocycles. The SMILES string of the molecule is CC(CCl)NCc1ccc(F)cc1F. The van der Waals surface area contributed by atoms with Crippen molar-refractivity contribution in [3.05, 3.63) is 35.4 Å².